The average molecular weight is 471 g/mol. The SMILES string of the molecule is O=C(c1ccc(COc2ccccc2)o1)N1CCN(S(=O)(=O)c2cccc([N+](=O)[O-])c2)CC1. The Balaban J connectivity index is 1.36. The third-order valence-electron chi connectivity index (χ3n) is 5.19. The summed E-state index contributed by atoms with van der Waals surface area (Å²) in [6.07, 6.45) is 0. The standard InChI is InChI=1S/C22H21N3O7S/c26-22(21-10-9-19(32-21)16-31-18-6-2-1-3-7-18)23-11-13-24(14-12-23)33(29,30)20-8-4-5-17(15-20)25(27)28/h1-10,15H,11-14,16H2. The number of nitrogens with zero attached hydrogens (tertiary/aromatic N) is 3. The highest BCUT2D eigenvalue weighted by Crippen LogP contribution is 2.23. The fraction of sp³-hybridized carbons (Fsp3) is 0.227. The maximum Gasteiger partial charge on any atom is 0.289 e. The zero-order valence-electron chi connectivity index (χ0n) is 17.5. The molecule has 0 aliphatic carbocycles. The van der Waals surface area contributed by atoms with E-state index in [0.29, 0.717) is 11.5 Å². The normalized spacial score (nSPS) is 14.7. The fourth-order valence-electron chi connectivity index (χ4n) is 3.44. The highest BCUT2D eigenvalue weighted by Gasteiger charge is 2.32. The van der Waals surface area contributed by atoms with E-state index in [0.717, 1.165) is 6.07 Å². The summed E-state index contributed by atoms with van der Waals surface area (Å²) in [6, 6.07) is 17.4. The Kier molecular flexibility index (Phi) is 6.43. The summed E-state index contributed by atoms with van der Waals surface area (Å²) in [5.74, 6) is 0.988. The molecule has 0 bridgehead atoms. The lowest BCUT2D eigenvalue weighted by Gasteiger charge is -2.33. The predicted molar refractivity (Wildman–Crippen MR) is 117 cm³/mol. The predicted octanol–water partition coefficient (Wildman–Crippen LogP) is 2.91. The largest absolute Gasteiger partial charge is 0.486 e. The second-order valence-electron chi connectivity index (χ2n) is 7.32. The van der Waals surface area contributed by atoms with Crippen LogP contribution in [-0.4, -0.2) is 54.6 Å². The Hall–Kier alpha value is -3.70. The number of nitro benzene ring substituents is 1. The van der Waals surface area contributed by atoms with Gasteiger partial charge < -0.3 is 14.1 Å². The molecule has 33 heavy (non-hydrogen) atoms. The van der Waals surface area contributed by atoms with Crippen molar-refractivity contribution in [1.29, 1.82) is 0 Å². The number of carbonyl (C=O) groups excluding carboxylic acids is 1. The Bertz CT molecular complexity index is 1250. The molecule has 2 heterocycles. The number of non-ortho nitro benzene ring substituents is 1. The van der Waals surface area contributed by atoms with Crippen LogP contribution in [0.4, 0.5) is 5.69 Å². The number of para-hydroxylation sites is 1. The molecule has 0 atom stereocenters. The first kappa shape index (κ1) is 22.5. The summed E-state index contributed by atoms with van der Waals surface area (Å²) in [7, 11) is -3.91. The van der Waals surface area contributed by atoms with E-state index in [1.165, 1.54) is 27.4 Å². The van der Waals surface area contributed by atoms with Gasteiger partial charge in [-0.1, -0.05) is 24.3 Å². The first-order chi connectivity index (χ1) is 15.8. The van der Waals surface area contributed by atoms with E-state index in [1.807, 2.05) is 30.3 Å². The Labute approximate surface area is 190 Å². The van der Waals surface area contributed by atoms with Crippen molar-refractivity contribution in [2.45, 2.75) is 11.5 Å². The number of rotatable bonds is 7. The summed E-state index contributed by atoms with van der Waals surface area (Å²) in [6.45, 7) is 0.655. The molecule has 0 N–H and O–H groups in total. The monoisotopic (exact) mass is 471 g/mol. The highest BCUT2D eigenvalue weighted by molar-refractivity contribution is 7.89. The van der Waals surface area contributed by atoms with Gasteiger partial charge in [-0.05, 0) is 30.3 Å². The summed E-state index contributed by atoms with van der Waals surface area (Å²) < 4.78 is 38.2. The number of sulfonamides is 1. The first-order valence-electron chi connectivity index (χ1n) is 10.1. The highest BCUT2D eigenvalue weighted by atomic mass is 32.2. The zero-order valence-corrected chi connectivity index (χ0v) is 18.3. The van der Waals surface area contributed by atoms with Gasteiger partial charge >= 0.3 is 0 Å². The third kappa shape index (κ3) is 5.04. The molecule has 1 aromatic heterocycles. The van der Waals surface area contributed by atoms with Crippen molar-refractivity contribution >= 4 is 21.6 Å². The van der Waals surface area contributed by atoms with Crippen LogP contribution >= 0.6 is 0 Å². The van der Waals surface area contributed by atoms with Crippen LogP contribution < -0.4 is 4.74 Å². The Morgan fingerprint density at radius 3 is 2.42 bits per heavy atom. The molecule has 2 aromatic carbocycles. The Morgan fingerprint density at radius 2 is 1.73 bits per heavy atom. The summed E-state index contributed by atoms with van der Waals surface area (Å²) >= 11 is 0. The molecule has 10 nitrogen and oxygen atoms in total. The van der Waals surface area contributed by atoms with E-state index >= 15 is 0 Å². The van der Waals surface area contributed by atoms with Gasteiger partial charge in [0.05, 0.1) is 9.82 Å². The number of benzene rings is 2. The molecular formula is C22H21N3O7S. The van der Waals surface area contributed by atoms with Gasteiger partial charge in [-0.2, -0.15) is 4.31 Å². The van der Waals surface area contributed by atoms with E-state index in [9.17, 15) is 23.3 Å². The van der Waals surface area contributed by atoms with E-state index in [1.54, 1.807) is 12.1 Å². The van der Waals surface area contributed by atoms with Gasteiger partial charge in [0.25, 0.3) is 11.6 Å². The summed E-state index contributed by atoms with van der Waals surface area (Å²) in [5.41, 5.74) is -0.297. The minimum atomic E-state index is -3.91. The number of carbonyl (C=O) groups is 1. The number of ether oxygens (including phenoxy) is 1. The second kappa shape index (κ2) is 9.43. The molecule has 1 aliphatic rings. The topological polar surface area (TPSA) is 123 Å². The number of nitro groups is 1. The molecule has 0 unspecified atom stereocenters. The number of amides is 1. The summed E-state index contributed by atoms with van der Waals surface area (Å²) in [5, 5.41) is 11.0. The van der Waals surface area contributed by atoms with Crippen LogP contribution in [0.2, 0.25) is 0 Å². The van der Waals surface area contributed by atoms with E-state index < -0.39 is 14.9 Å². The van der Waals surface area contributed by atoms with Crippen LogP contribution in [0, 0.1) is 10.1 Å². The lowest BCUT2D eigenvalue weighted by Crippen LogP contribution is -2.50. The lowest BCUT2D eigenvalue weighted by molar-refractivity contribution is -0.385. The van der Waals surface area contributed by atoms with Gasteiger partial charge in [0.15, 0.2) is 5.76 Å². The maximum atomic E-state index is 12.9. The minimum absolute atomic E-state index is 0.0709. The van der Waals surface area contributed by atoms with Crippen LogP contribution in [0.25, 0.3) is 0 Å². The molecule has 3 aromatic rings. The van der Waals surface area contributed by atoms with Gasteiger partial charge in [-0.15, -0.1) is 0 Å². The number of hydrogen-bond acceptors (Lipinski definition) is 7. The van der Waals surface area contributed by atoms with Crippen molar-refractivity contribution in [3.63, 3.8) is 0 Å². The van der Waals surface area contributed by atoms with Crippen molar-refractivity contribution in [3.05, 3.63) is 88.4 Å². The molecule has 11 heteroatoms. The summed E-state index contributed by atoms with van der Waals surface area (Å²) in [4.78, 5) is 24.5. The molecule has 1 amide bonds. The van der Waals surface area contributed by atoms with E-state index in [4.69, 9.17) is 9.15 Å². The van der Waals surface area contributed by atoms with Crippen molar-refractivity contribution < 1.29 is 27.3 Å². The number of hydrogen-bond donors (Lipinski definition) is 0. The maximum absolute atomic E-state index is 12.9. The number of furan rings is 1. The minimum Gasteiger partial charge on any atom is -0.486 e. The molecule has 4 rings (SSSR count). The molecule has 0 radical (unpaired) electrons. The first-order valence-corrected chi connectivity index (χ1v) is 11.6. The quantitative estimate of drug-likeness (QED) is 0.383. The van der Waals surface area contributed by atoms with E-state index in [-0.39, 0.29) is 55.0 Å². The van der Waals surface area contributed by atoms with Crippen LogP contribution in [-0.2, 0) is 16.6 Å². The van der Waals surface area contributed by atoms with Crippen molar-refractivity contribution in [2.24, 2.45) is 0 Å². The van der Waals surface area contributed by atoms with E-state index in [2.05, 4.69) is 0 Å². The molecule has 1 fully saturated rings. The molecule has 0 spiro atoms. The van der Waals surface area contributed by atoms with Gasteiger partial charge in [-0.3, -0.25) is 14.9 Å². The van der Waals surface area contributed by atoms with Crippen LogP contribution in [0.15, 0.2) is 76.0 Å². The molecule has 0 saturated carbocycles. The van der Waals surface area contributed by atoms with Gasteiger partial charge in [0.1, 0.15) is 18.1 Å². The van der Waals surface area contributed by atoms with Gasteiger partial charge in [0, 0.05) is 38.3 Å². The molecule has 1 saturated heterocycles. The molecular weight excluding hydrogens is 450 g/mol. The van der Waals surface area contributed by atoms with Crippen LogP contribution in [0.3, 0.4) is 0 Å². The third-order valence-corrected chi connectivity index (χ3v) is 7.08. The Morgan fingerprint density at radius 1 is 1.00 bits per heavy atom. The molecule has 1 aliphatic heterocycles. The van der Waals surface area contributed by atoms with Crippen LogP contribution in [0.5, 0.6) is 5.75 Å². The lowest BCUT2D eigenvalue weighted by atomic mass is 10.3. The van der Waals surface area contributed by atoms with Crippen LogP contribution in [0.1, 0.15) is 16.3 Å². The van der Waals surface area contributed by atoms with Gasteiger partial charge in [-0.25, -0.2) is 8.42 Å². The molecule has 172 valence electrons. The second-order valence-corrected chi connectivity index (χ2v) is 9.26. The average Bonchev–Trinajstić information content (AvgIpc) is 3.32. The van der Waals surface area contributed by atoms with Crippen molar-refractivity contribution in [1.82, 2.24) is 9.21 Å². The number of piperazine rings is 1. The van der Waals surface area contributed by atoms with Crippen molar-refractivity contribution in [2.75, 3.05) is 26.2 Å². The zero-order chi connectivity index (χ0) is 23.4. The fourth-order valence-corrected chi connectivity index (χ4v) is 4.90. The smallest absolute Gasteiger partial charge is 0.289 e. The van der Waals surface area contributed by atoms with Crippen molar-refractivity contribution in [3.8, 4) is 5.75 Å². The van der Waals surface area contributed by atoms with Gasteiger partial charge in [0.2, 0.25) is 10.0 Å².